The van der Waals surface area contributed by atoms with Gasteiger partial charge in [0.05, 0.1) is 6.61 Å². The first-order valence-electron chi connectivity index (χ1n) is 9.23. The molecule has 1 aromatic carbocycles. The van der Waals surface area contributed by atoms with Crippen molar-refractivity contribution in [1.82, 2.24) is 9.88 Å². The average Bonchev–Trinajstić information content (AvgIpc) is 2.62. The van der Waals surface area contributed by atoms with Crippen molar-refractivity contribution in [3.05, 3.63) is 47.9 Å². The molecule has 4 heteroatoms. The lowest BCUT2D eigenvalue weighted by Crippen LogP contribution is -2.38. The fraction of sp³-hybridized carbons (Fsp3) is 0.476. The summed E-state index contributed by atoms with van der Waals surface area (Å²) in [6.07, 6.45) is 4.98. The van der Waals surface area contributed by atoms with Gasteiger partial charge < -0.3 is 9.64 Å². The maximum absolute atomic E-state index is 13.1. The van der Waals surface area contributed by atoms with Gasteiger partial charge in [-0.2, -0.15) is 0 Å². The lowest BCUT2D eigenvalue weighted by molar-refractivity contribution is 0.147. The van der Waals surface area contributed by atoms with Gasteiger partial charge in [-0.3, -0.25) is 0 Å². The Morgan fingerprint density at radius 3 is 2.52 bits per heavy atom. The van der Waals surface area contributed by atoms with E-state index in [1.54, 1.807) is 12.1 Å². The molecule has 2 heterocycles. The smallest absolute Gasteiger partial charge is 0.214 e. The van der Waals surface area contributed by atoms with Gasteiger partial charge in [0.1, 0.15) is 5.82 Å². The second-order valence-electron chi connectivity index (χ2n) is 6.93. The molecule has 1 aliphatic heterocycles. The molecule has 134 valence electrons. The Morgan fingerprint density at radius 1 is 1.08 bits per heavy atom. The lowest BCUT2D eigenvalue weighted by Gasteiger charge is -2.32. The maximum atomic E-state index is 13.1. The zero-order valence-electron chi connectivity index (χ0n) is 15.2. The van der Waals surface area contributed by atoms with Crippen LogP contribution in [0.5, 0.6) is 5.88 Å². The molecule has 1 aliphatic rings. The molecular weight excluding hydrogens is 315 g/mol. The standard InChI is InChI=1S/C21H27FN2O/c1-16-14-19(18-6-8-20(22)9-7-18)15-21(23-16)25-13-10-17(2)24-11-4-3-5-12-24/h6-9,14-15,17H,3-5,10-13H2,1-2H3. The van der Waals surface area contributed by atoms with Gasteiger partial charge in [0.2, 0.25) is 5.88 Å². The lowest BCUT2D eigenvalue weighted by atomic mass is 10.1. The van der Waals surface area contributed by atoms with Crippen molar-refractivity contribution >= 4 is 0 Å². The molecule has 3 rings (SSSR count). The van der Waals surface area contributed by atoms with Gasteiger partial charge in [0, 0.05) is 17.8 Å². The number of ether oxygens (including phenoxy) is 1. The van der Waals surface area contributed by atoms with E-state index in [0.29, 0.717) is 18.5 Å². The van der Waals surface area contributed by atoms with E-state index >= 15 is 0 Å². The number of pyridine rings is 1. The number of hydrogen-bond acceptors (Lipinski definition) is 3. The Bertz CT molecular complexity index is 681. The van der Waals surface area contributed by atoms with Gasteiger partial charge >= 0.3 is 0 Å². The zero-order valence-corrected chi connectivity index (χ0v) is 15.2. The third-order valence-electron chi connectivity index (χ3n) is 4.91. The summed E-state index contributed by atoms with van der Waals surface area (Å²) in [5.74, 6) is 0.419. The van der Waals surface area contributed by atoms with Gasteiger partial charge in [-0.1, -0.05) is 18.6 Å². The fourth-order valence-corrected chi connectivity index (χ4v) is 3.40. The Balaban J connectivity index is 1.59. The molecule has 0 radical (unpaired) electrons. The SMILES string of the molecule is Cc1cc(-c2ccc(F)cc2)cc(OCCC(C)N2CCCCC2)n1. The number of piperidine rings is 1. The number of rotatable bonds is 6. The van der Waals surface area contributed by atoms with E-state index < -0.39 is 0 Å². The molecule has 0 amide bonds. The van der Waals surface area contributed by atoms with Crippen LogP contribution in [0.15, 0.2) is 36.4 Å². The molecule has 1 saturated heterocycles. The van der Waals surface area contributed by atoms with E-state index in [1.165, 1.54) is 44.5 Å². The molecule has 2 aromatic rings. The molecule has 0 bridgehead atoms. The van der Waals surface area contributed by atoms with E-state index in [0.717, 1.165) is 23.2 Å². The van der Waals surface area contributed by atoms with Crippen LogP contribution < -0.4 is 4.74 Å². The van der Waals surface area contributed by atoms with Crippen LogP contribution in [-0.4, -0.2) is 35.6 Å². The maximum Gasteiger partial charge on any atom is 0.214 e. The van der Waals surface area contributed by atoms with Crippen molar-refractivity contribution in [3.8, 4) is 17.0 Å². The highest BCUT2D eigenvalue weighted by Gasteiger charge is 2.16. The first-order chi connectivity index (χ1) is 12.1. The van der Waals surface area contributed by atoms with Gasteiger partial charge in [-0.15, -0.1) is 0 Å². The van der Waals surface area contributed by atoms with E-state index in [9.17, 15) is 4.39 Å². The third kappa shape index (κ3) is 5.02. The molecule has 1 fully saturated rings. The average molecular weight is 342 g/mol. The van der Waals surface area contributed by atoms with Crippen LogP contribution in [0.3, 0.4) is 0 Å². The van der Waals surface area contributed by atoms with Crippen LogP contribution in [0.1, 0.15) is 38.3 Å². The van der Waals surface area contributed by atoms with Crippen molar-refractivity contribution < 1.29 is 9.13 Å². The van der Waals surface area contributed by atoms with Gasteiger partial charge in [0.25, 0.3) is 0 Å². The molecule has 0 spiro atoms. The number of likely N-dealkylation sites (tertiary alicyclic amines) is 1. The van der Waals surface area contributed by atoms with Crippen molar-refractivity contribution in [2.45, 2.75) is 45.6 Å². The van der Waals surface area contributed by atoms with Crippen LogP contribution in [0.2, 0.25) is 0 Å². The topological polar surface area (TPSA) is 25.4 Å². The van der Waals surface area contributed by atoms with Crippen LogP contribution in [0.4, 0.5) is 4.39 Å². The fourth-order valence-electron chi connectivity index (χ4n) is 3.40. The Hall–Kier alpha value is -1.94. The van der Waals surface area contributed by atoms with Crippen LogP contribution >= 0.6 is 0 Å². The van der Waals surface area contributed by atoms with E-state index in [2.05, 4.69) is 16.8 Å². The minimum absolute atomic E-state index is 0.224. The van der Waals surface area contributed by atoms with Crippen LogP contribution in [0.25, 0.3) is 11.1 Å². The van der Waals surface area contributed by atoms with Gasteiger partial charge in [0.15, 0.2) is 0 Å². The normalized spacial score (nSPS) is 16.6. The first kappa shape index (κ1) is 17.9. The minimum Gasteiger partial charge on any atom is -0.478 e. The molecule has 1 aromatic heterocycles. The van der Waals surface area contributed by atoms with Gasteiger partial charge in [-0.25, -0.2) is 9.37 Å². The molecule has 1 atom stereocenters. The minimum atomic E-state index is -0.224. The number of aryl methyl sites for hydroxylation is 1. The first-order valence-corrected chi connectivity index (χ1v) is 9.23. The van der Waals surface area contributed by atoms with E-state index in [4.69, 9.17) is 4.74 Å². The highest BCUT2D eigenvalue weighted by atomic mass is 19.1. The number of halogens is 1. The Kier molecular flexibility index (Phi) is 6.03. The predicted molar refractivity (Wildman–Crippen MR) is 99.4 cm³/mol. The summed E-state index contributed by atoms with van der Waals surface area (Å²) in [6, 6.07) is 11.0. The Labute approximate surface area is 149 Å². The van der Waals surface area contributed by atoms with E-state index in [-0.39, 0.29) is 5.82 Å². The number of nitrogens with zero attached hydrogens (tertiary/aromatic N) is 2. The number of aromatic nitrogens is 1. The Morgan fingerprint density at radius 2 is 1.80 bits per heavy atom. The second kappa shape index (κ2) is 8.43. The predicted octanol–water partition coefficient (Wildman–Crippen LogP) is 4.84. The van der Waals surface area contributed by atoms with E-state index in [1.807, 2.05) is 19.1 Å². The summed E-state index contributed by atoms with van der Waals surface area (Å²) in [4.78, 5) is 7.03. The summed E-state index contributed by atoms with van der Waals surface area (Å²) in [5, 5.41) is 0. The molecule has 0 N–H and O–H groups in total. The molecule has 3 nitrogen and oxygen atoms in total. The van der Waals surface area contributed by atoms with Crippen molar-refractivity contribution in [2.24, 2.45) is 0 Å². The summed E-state index contributed by atoms with van der Waals surface area (Å²) in [5.41, 5.74) is 2.88. The number of benzene rings is 1. The third-order valence-corrected chi connectivity index (χ3v) is 4.91. The molecule has 0 saturated carbocycles. The second-order valence-corrected chi connectivity index (χ2v) is 6.93. The molecule has 1 unspecified atom stereocenters. The summed E-state index contributed by atoms with van der Waals surface area (Å²) in [7, 11) is 0. The molecule has 0 aliphatic carbocycles. The van der Waals surface area contributed by atoms with Crippen LogP contribution in [-0.2, 0) is 0 Å². The summed E-state index contributed by atoms with van der Waals surface area (Å²) >= 11 is 0. The highest BCUT2D eigenvalue weighted by molar-refractivity contribution is 5.64. The number of hydrogen-bond donors (Lipinski definition) is 0. The monoisotopic (exact) mass is 342 g/mol. The van der Waals surface area contributed by atoms with Crippen molar-refractivity contribution in [1.29, 1.82) is 0 Å². The molecular formula is C21H27FN2O. The highest BCUT2D eigenvalue weighted by Crippen LogP contribution is 2.24. The van der Waals surface area contributed by atoms with Crippen molar-refractivity contribution in [3.63, 3.8) is 0 Å². The largest absolute Gasteiger partial charge is 0.478 e. The summed E-state index contributed by atoms with van der Waals surface area (Å²) in [6.45, 7) is 7.31. The van der Waals surface area contributed by atoms with Crippen LogP contribution in [0, 0.1) is 12.7 Å². The quantitative estimate of drug-likeness (QED) is 0.751. The van der Waals surface area contributed by atoms with Gasteiger partial charge in [-0.05, 0) is 75.5 Å². The zero-order chi connectivity index (χ0) is 17.6. The molecule has 25 heavy (non-hydrogen) atoms. The van der Waals surface area contributed by atoms with Crippen molar-refractivity contribution in [2.75, 3.05) is 19.7 Å². The summed E-state index contributed by atoms with van der Waals surface area (Å²) < 4.78 is 19.0.